The third-order valence-electron chi connectivity index (χ3n) is 5.56. The Bertz CT molecular complexity index is 979. The van der Waals surface area contributed by atoms with E-state index in [4.69, 9.17) is 0 Å². The Hall–Kier alpha value is -2.18. The minimum atomic E-state index is -3.56. The molecule has 5 nitrogen and oxygen atoms in total. The average molecular weight is 415 g/mol. The summed E-state index contributed by atoms with van der Waals surface area (Å²) < 4.78 is 27.4. The van der Waals surface area contributed by atoms with Crippen LogP contribution in [-0.2, 0) is 10.0 Å². The van der Waals surface area contributed by atoms with Crippen LogP contribution in [0, 0.1) is 13.8 Å². The highest BCUT2D eigenvalue weighted by Crippen LogP contribution is 2.24. The molecule has 0 aliphatic carbocycles. The number of carbonyl (C=O) groups excluding carboxylic acids is 1. The Morgan fingerprint density at radius 2 is 1.79 bits per heavy atom. The zero-order chi connectivity index (χ0) is 21.0. The topological polar surface area (TPSA) is 66.5 Å². The molecule has 156 valence electrons. The summed E-state index contributed by atoms with van der Waals surface area (Å²) in [6.45, 7) is 7.21. The molecular weight excluding hydrogens is 384 g/mol. The number of carbonyl (C=O) groups is 1. The van der Waals surface area contributed by atoms with Gasteiger partial charge in [0.2, 0.25) is 10.0 Å². The molecular formula is C23H30N2O3S. The van der Waals surface area contributed by atoms with Crippen molar-refractivity contribution < 1.29 is 13.2 Å². The van der Waals surface area contributed by atoms with E-state index in [0.29, 0.717) is 18.7 Å². The van der Waals surface area contributed by atoms with Gasteiger partial charge in [-0.15, -0.1) is 0 Å². The number of aryl methyl sites for hydroxylation is 2. The van der Waals surface area contributed by atoms with Crippen LogP contribution >= 0.6 is 0 Å². The molecule has 0 radical (unpaired) electrons. The molecule has 1 saturated heterocycles. The molecule has 1 atom stereocenters. The molecule has 2 aromatic rings. The molecule has 3 rings (SSSR count). The number of hydrogen-bond donors (Lipinski definition) is 1. The first-order valence-electron chi connectivity index (χ1n) is 10.3. The van der Waals surface area contributed by atoms with Crippen molar-refractivity contribution in [2.24, 2.45) is 0 Å². The van der Waals surface area contributed by atoms with Crippen molar-refractivity contribution in [1.29, 1.82) is 0 Å². The first kappa shape index (κ1) is 21.5. The maximum absolute atomic E-state index is 12.9. The molecule has 0 spiro atoms. The standard InChI is InChI=1S/C23H30N2O3S/c1-4-22(21-12-11-17(2)15-18(21)3)24-23(26)19-9-8-10-20(16-19)29(27,28)25-13-6-5-7-14-25/h8-12,15-16,22H,4-7,13-14H2,1-3H3,(H,24,26)/t22-/m0/s1. The number of nitrogens with zero attached hydrogens (tertiary/aromatic N) is 1. The lowest BCUT2D eigenvalue weighted by molar-refractivity contribution is 0.0935. The summed E-state index contributed by atoms with van der Waals surface area (Å²) in [5, 5.41) is 3.07. The molecule has 1 heterocycles. The molecule has 0 unspecified atom stereocenters. The zero-order valence-electron chi connectivity index (χ0n) is 17.4. The van der Waals surface area contributed by atoms with Gasteiger partial charge in [-0.05, 0) is 62.4 Å². The van der Waals surface area contributed by atoms with E-state index in [1.807, 2.05) is 26.8 Å². The van der Waals surface area contributed by atoms with Gasteiger partial charge < -0.3 is 5.32 Å². The number of piperidine rings is 1. The van der Waals surface area contributed by atoms with E-state index in [0.717, 1.165) is 36.8 Å². The lowest BCUT2D eigenvalue weighted by atomic mass is 9.97. The Morgan fingerprint density at radius 3 is 2.45 bits per heavy atom. The summed E-state index contributed by atoms with van der Waals surface area (Å²) in [6.07, 6.45) is 3.58. The summed E-state index contributed by atoms with van der Waals surface area (Å²) in [4.78, 5) is 13.1. The van der Waals surface area contributed by atoms with Crippen LogP contribution in [0.15, 0.2) is 47.4 Å². The van der Waals surface area contributed by atoms with Crippen LogP contribution < -0.4 is 5.32 Å². The van der Waals surface area contributed by atoms with Crippen LogP contribution in [0.2, 0.25) is 0 Å². The number of sulfonamides is 1. The van der Waals surface area contributed by atoms with Crippen molar-refractivity contribution >= 4 is 15.9 Å². The quantitative estimate of drug-likeness (QED) is 0.764. The molecule has 1 N–H and O–H groups in total. The first-order valence-corrected chi connectivity index (χ1v) is 11.7. The fourth-order valence-corrected chi connectivity index (χ4v) is 5.47. The number of amides is 1. The van der Waals surface area contributed by atoms with E-state index in [9.17, 15) is 13.2 Å². The summed E-state index contributed by atoms with van der Waals surface area (Å²) in [5.41, 5.74) is 3.77. The van der Waals surface area contributed by atoms with Gasteiger partial charge in [0, 0.05) is 18.7 Å². The molecule has 1 aliphatic rings. The second-order valence-corrected chi connectivity index (χ2v) is 9.72. The monoisotopic (exact) mass is 414 g/mol. The molecule has 29 heavy (non-hydrogen) atoms. The van der Waals surface area contributed by atoms with Gasteiger partial charge in [0.15, 0.2) is 0 Å². The molecule has 0 bridgehead atoms. The minimum Gasteiger partial charge on any atom is -0.345 e. The highest BCUT2D eigenvalue weighted by Gasteiger charge is 2.26. The van der Waals surface area contributed by atoms with Crippen molar-refractivity contribution in [2.75, 3.05) is 13.1 Å². The predicted octanol–water partition coefficient (Wildman–Crippen LogP) is 4.36. The summed E-state index contributed by atoms with van der Waals surface area (Å²) in [5.74, 6) is -0.257. The Kier molecular flexibility index (Phi) is 6.75. The van der Waals surface area contributed by atoms with Crippen LogP contribution in [0.5, 0.6) is 0 Å². The SMILES string of the molecule is CC[C@H](NC(=O)c1cccc(S(=O)(=O)N2CCCCC2)c1)c1ccc(C)cc1C. The largest absolute Gasteiger partial charge is 0.345 e. The predicted molar refractivity (Wildman–Crippen MR) is 115 cm³/mol. The van der Waals surface area contributed by atoms with E-state index in [1.165, 1.54) is 15.9 Å². The van der Waals surface area contributed by atoms with Gasteiger partial charge in [-0.3, -0.25) is 4.79 Å². The minimum absolute atomic E-state index is 0.120. The Balaban J connectivity index is 1.81. The second kappa shape index (κ2) is 9.09. The van der Waals surface area contributed by atoms with Crippen molar-refractivity contribution in [1.82, 2.24) is 9.62 Å². The van der Waals surface area contributed by atoms with E-state index < -0.39 is 10.0 Å². The number of nitrogens with one attached hydrogen (secondary N) is 1. The van der Waals surface area contributed by atoms with Gasteiger partial charge in [0.05, 0.1) is 10.9 Å². The number of benzene rings is 2. The fraction of sp³-hybridized carbons (Fsp3) is 0.435. The van der Waals surface area contributed by atoms with E-state index in [-0.39, 0.29) is 16.8 Å². The maximum Gasteiger partial charge on any atom is 0.251 e. The summed E-state index contributed by atoms with van der Waals surface area (Å²) in [7, 11) is -3.56. The molecule has 2 aromatic carbocycles. The highest BCUT2D eigenvalue weighted by atomic mass is 32.2. The molecule has 0 saturated carbocycles. The van der Waals surface area contributed by atoms with Gasteiger partial charge in [0.25, 0.3) is 5.91 Å². The average Bonchev–Trinajstić information content (AvgIpc) is 2.73. The van der Waals surface area contributed by atoms with Gasteiger partial charge in [-0.1, -0.05) is 43.2 Å². The number of hydrogen-bond acceptors (Lipinski definition) is 3. The smallest absolute Gasteiger partial charge is 0.251 e. The third-order valence-corrected chi connectivity index (χ3v) is 7.46. The van der Waals surface area contributed by atoms with Crippen LogP contribution in [0.3, 0.4) is 0 Å². The van der Waals surface area contributed by atoms with Gasteiger partial charge in [-0.25, -0.2) is 8.42 Å². The van der Waals surface area contributed by atoms with E-state index in [1.54, 1.807) is 18.2 Å². The van der Waals surface area contributed by atoms with Crippen LogP contribution in [0.4, 0.5) is 0 Å². The van der Waals surface area contributed by atoms with Crippen molar-refractivity contribution in [2.45, 2.75) is 57.4 Å². The Labute approximate surface area is 174 Å². The van der Waals surface area contributed by atoms with Crippen molar-refractivity contribution in [3.8, 4) is 0 Å². The lowest BCUT2D eigenvalue weighted by Crippen LogP contribution is -2.35. The van der Waals surface area contributed by atoms with Crippen LogP contribution in [0.1, 0.15) is 65.7 Å². The molecule has 6 heteroatoms. The van der Waals surface area contributed by atoms with Crippen LogP contribution in [-0.4, -0.2) is 31.7 Å². The highest BCUT2D eigenvalue weighted by molar-refractivity contribution is 7.89. The number of rotatable bonds is 6. The van der Waals surface area contributed by atoms with Crippen molar-refractivity contribution in [3.05, 3.63) is 64.7 Å². The molecule has 0 aromatic heterocycles. The fourth-order valence-electron chi connectivity index (χ4n) is 3.91. The molecule has 1 amide bonds. The van der Waals surface area contributed by atoms with Gasteiger partial charge in [-0.2, -0.15) is 4.31 Å². The van der Waals surface area contributed by atoms with Crippen LogP contribution in [0.25, 0.3) is 0 Å². The molecule has 1 aliphatic heterocycles. The van der Waals surface area contributed by atoms with Gasteiger partial charge >= 0.3 is 0 Å². The van der Waals surface area contributed by atoms with Gasteiger partial charge in [0.1, 0.15) is 0 Å². The first-order chi connectivity index (χ1) is 13.8. The maximum atomic E-state index is 12.9. The summed E-state index contributed by atoms with van der Waals surface area (Å²) >= 11 is 0. The normalized spacial score (nSPS) is 16.4. The third kappa shape index (κ3) is 4.87. The lowest BCUT2D eigenvalue weighted by Gasteiger charge is -2.26. The van der Waals surface area contributed by atoms with E-state index in [2.05, 4.69) is 17.4 Å². The second-order valence-electron chi connectivity index (χ2n) is 7.79. The van der Waals surface area contributed by atoms with Crippen molar-refractivity contribution in [3.63, 3.8) is 0 Å². The summed E-state index contributed by atoms with van der Waals surface area (Å²) in [6, 6.07) is 12.5. The molecule has 1 fully saturated rings. The Morgan fingerprint density at radius 1 is 1.07 bits per heavy atom. The van der Waals surface area contributed by atoms with E-state index >= 15 is 0 Å². The zero-order valence-corrected chi connectivity index (χ0v) is 18.3.